The van der Waals surface area contributed by atoms with E-state index < -0.39 is 60.7 Å². The van der Waals surface area contributed by atoms with Crippen LogP contribution in [0.1, 0.15) is 12.5 Å². The molecule has 0 aliphatic carbocycles. The Morgan fingerprint density at radius 3 is 2.29 bits per heavy atom. The van der Waals surface area contributed by atoms with Gasteiger partial charge in [-0.15, -0.1) is 0 Å². The number of halogens is 3. The van der Waals surface area contributed by atoms with Gasteiger partial charge < -0.3 is 19.3 Å². The van der Waals surface area contributed by atoms with E-state index in [1.165, 1.54) is 25.1 Å². The van der Waals surface area contributed by atoms with Gasteiger partial charge in [-0.3, -0.25) is 15.0 Å². The summed E-state index contributed by atoms with van der Waals surface area (Å²) in [5.41, 5.74) is 3.60. The normalized spacial score (nSPS) is 11.4. The standard InChI is InChI=1S/C24H23Cl2FN2O9/c1-2-36-24(35)21(32)28-29(13-19(30)22(33)37-9-10-38-23(34)20(26)31)12-14-3-5-15(6-4-14)17-11-16(25)7-8-18(17)27/h3-8,11,19,30H,2,9-10,12-13H2,1H3,(H,28,32). The molecular formula is C24H23Cl2FN2O9. The van der Waals surface area contributed by atoms with Gasteiger partial charge in [0.25, 0.3) is 0 Å². The van der Waals surface area contributed by atoms with Crippen molar-refractivity contribution in [2.75, 3.05) is 26.4 Å². The minimum Gasteiger partial charge on any atom is -0.460 e. The third kappa shape index (κ3) is 9.71. The van der Waals surface area contributed by atoms with E-state index >= 15 is 0 Å². The molecule has 38 heavy (non-hydrogen) atoms. The van der Waals surface area contributed by atoms with E-state index in [-0.39, 0.29) is 18.7 Å². The van der Waals surface area contributed by atoms with E-state index in [2.05, 4.69) is 14.9 Å². The number of carbonyl (C=O) groups is 5. The first-order chi connectivity index (χ1) is 18.0. The highest BCUT2D eigenvalue weighted by Crippen LogP contribution is 2.26. The molecule has 0 heterocycles. The summed E-state index contributed by atoms with van der Waals surface area (Å²) in [6.45, 7) is -0.130. The smallest absolute Gasteiger partial charge is 0.398 e. The Labute approximate surface area is 226 Å². The number of amides is 1. The predicted molar refractivity (Wildman–Crippen MR) is 131 cm³/mol. The summed E-state index contributed by atoms with van der Waals surface area (Å²) in [6, 6.07) is 10.5. The molecule has 11 nitrogen and oxygen atoms in total. The molecule has 0 saturated heterocycles. The highest BCUT2D eigenvalue weighted by molar-refractivity contribution is 6.80. The first-order valence-electron chi connectivity index (χ1n) is 11.0. The van der Waals surface area contributed by atoms with Crippen LogP contribution in [0.3, 0.4) is 0 Å². The van der Waals surface area contributed by atoms with Gasteiger partial charge in [0.1, 0.15) is 19.0 Å². The fourth-order valence-corrected chi connectivity index (χ4v) is 3.20. The Kier molecular flexibility index (Phi) is 12.1. The van der Waals surface area contributed by atoms with Gasteiger partial charge in [0.05, 0.1) is 13.2 Å². The van der Waals surface area contributed by atoms with E-state index in [4.69, 9.17) is 27.9 Å². The number of carbonyl (C=O) groups excluding carboxylic acids is 5. The molecule has 0 fully saturated rings. The molecule has 0 radical (unpaired) electrons. The van der Waals surface area contributed by atoms with Crippen molar-refractivity contribution in [3.8, 4) is 11.1 Å². The van der Waals surface area contributed by atoms with Crippen molar-refractivity contribution >= 4 is 52.3 Å². The molecule has 2 rings (SSSR count). The number of nitrogens with one attached hydrogen (secondary N) is 1. The lowest BCUT2D eigenvalue weighted by Crippen LogP contribution is -2.50. The third-order valence-corrected chi connectivity index (χ3v) is 5.06. The van der Waals surface area contributed by atoms with Crippen LogP contribution in [-0.2, 0) is 44.7 Å². The molecule has 2 aromatic rings. The maximum absolute atomic E-state index is 14.2. The zero-order chi connectivity index (χ0) is 28.2. The zero-order valence-electron chi connectivity index (χ0n) is 19.9. The van der Waals surface area contributed by atoms with Crippen molar-refractivity contribution < 1.29 is 47.7 Å². The monoisotopic (exact) mass is 572 g/mol. The summed E-state index contributed by atoms with van der Waals surface area (Å²) < 4.78 is 28.0. The largest absolute Gasteiger partial charge is 0.460 e. The van der Waals surface area contributed by atoms with Crippen LogP contribution in [0.25, 0.3) is 11.1 Å². The maximum atomic E-state index is 14.2. The van der Waals surface area contributed by atoms with Gasteiger partial charge in [0.15, 0.2) is 6.10 Å². The second kappa shape index (κ2) is 15.0. The molecular weight excluding hydrogens is 550 g/mol. The minimum atomic E-state index is -1.80. The van der Waals surface area contributed by atoms with Gasteiger partial charge in [-0.05, 0) is 47.9 Å². The lowest BCUT2D eigenvalue weighted by Gasteiger charge is -2.24. The second-order valence-electron chi connectivity index (χ2n) is 7.46. The zero-order valence-corrected chi connectivity index (χ0v) is 21.5. The summed E-state index contributed by atoms with van der Waals surface area (Å²) in [5, 5.41) is 10.3. The molecule has 0 spiro atoms. The van der Waals surface area contributed by atoms with Gasteiger partial charge in [-0.1, -0.05) is 35.9 Å². The number of hydrogen-bond acceptors (Lipinski definition) is 10. The van der Waals surface area contributed by atoms with Crippen molar-refractivity contribution in [3.05, 3.63) is 58.9 Å². The number of hydrogen-bond donors (Lipinski definition) is 2. The van der Waals surface area contributed by atoms with Crippen LogP contribution in [0, 0.1) is 5.82 Å². The Morgan fingerprint density at radius 2 is 1.66 bits per heavy atom. The molecule has 1 amide bonds. The number of rotatable bonds is 12. The average molecular weight is 573 g/mol. The fourth-order valence-electron chi connectivity index (χ4n) is 2.98. The minimum absolute atomic E-state index is 0.0530. The first-order valence-corrected chi connectivity index (χ1v) is 11.8. The van der Waals surface area contributed by atoms with Crippen LogP contribution in [0.4, 0.5) is 4.39 Å². The highest BCUT2D eigenvalue weighted by Gasteiger charge is 2.25. The molecule has 1 unspecified atom stereocenters. The highest BCUT2D eigenvalue weighted by atomic mass is 35.5. The molecule has 0 bridgehead atoms. The maximum Gasteiger partial charge on any atom is 0.398 e. The lowest BCUT2D eigenvalue weighted by atomic mass is 10.0. The Bertz CT molecular complexity index is 1180. The molecule has 0 aliphatic rings. The number of ether oxygens (including phenoxy) is 3. The molecule has 0 aliphatic heterocycles. The van der Waals surface area contributed by atoms with E-state index in [0.717, 1.165) is 5.01 Å². The summed E-state index contributed by atoms with van der Waals surface area (Å²) in [6.07, 6.45) is -1.80. The van der Waals surface area contributed by atoms with E-state index in [0.29, 0.717) is 16.1 Å². The van der Waals surface area contributed by atoms with Crippen molar-refractivity contribution in [3.63, 3.8) is 0 Å². The van der Waals surface area contributed by atoms with Gasteiger partial charge in [-0.2, -0.15) is 0 Å². The average Bonchev–Trinajstić information content (AvgIpc) is 2.88. The van der Waals surface area contributed by atoms with E-state index in [1.54, 1.807) is 24.3 Å². The summed E-state index contributed by atoms with van der Waals surface area (Å²) in [4.78, 5) is 57.6. The van der Waals surface area contributed by atoms with Crippen molar-refractivity contribution in [1.82, 2.24) is 10.4 Å². The number of aliphatic hydroxyl groups excluding tert-OH is 1. The fraction of sp³-hybridized carbons (Fsp3) is 0.292. The van der Waals surface area contributed by atoms with Crippen LogP contribution in [0.15, 0.2) is 42.5 Å². The first kappa shape index (κ1) is 30.6. The number of benzene rings is 2. The van der Waals surface area contributed by atoms with Crippen LogP contribution in [0.5, 0.6) is 0 Å². The van der Waals surface area contributed by atoms with Crippen LogP contribution in [-0.4, -0.2) is 71.6 Å². The van der Waals surface area contributed by atoms with Crippen molar-refractivity contribution in [2.45, 2.75) is 19.6 Å². The van der Waals surface area contributed by atoms with Crippen LogP contribution in [0.2, 0.25) is 5.02 Å². The summed E-state index contributed by atoms with van der Waals surface area (Å²) >= 11 is 10.9. The number of aliphatic hydroxyl groups is 1. The van der Waals surface area contributed by atoms with E-state index in [9.17, 15) is 33.5 Å². The van der Waals surface area contributed by atoms with Gasteiger partial charge in [-0.25, -0.2) is 23.8 Å². The Hall–Kier alpha value is -3.58. The van der Waals surface area contributed by atoms with Crippen molar-refractivity contribution in [1.29, 1.82) is 0 Å². The molecule has 14 heteroatoms. The summed E-state index contributed by atoms with van der Waals surface area (Å²) in [5.74, 6) is -5.28. The number of hydrazine groups is 1. The van der Waals surface area contributed by atoms with Crippen molar-refractivity contribution in [2.24, 2.45) is 0 Å². The van der Waals surface area contributed by atoms with Gasteiger partial charge in [0.2, 0.25) is 0 Å². The lowest BCUT2D eigenvalue weighted by molar-refractivity contribution is -0.162. The van der Waals surface area contributed by atoms with Gasteiger partial charge >= 0.3 is 29.1 Å². The Balaban J connectivity index is 2.08. The molecule has 2 aromatic carbocycles. The molecule has 0 saturated carbocycles. The quantitative estimate of drug-likeness (QED) is 0.0961. The number of esters is 3. The summed E-state index contributed by atoms with van der Waals surface area (Å²) in [7, 11) is 0. The molecule has 204 valence electrons. The van der Waals surface area contributed by atoms with E-state index in [1.807, 2.05) is 0 Å². The molecule has 0 aromatic heterocycles. The Morgan fingerprint density at radius 1 is 1.00 bits per heavy atom. The van der Waals surface area contributed by atoms with Crippen LogP contribution < -0.4 is 5.43 Å². The second-order valence-corrected chi connectivity index (χ2v) is 8.24. The molecule has 1 atom stereocenters. The predicted octanol–water partition coefficient (Wildman–Crippen LogP) is 1.76. The number of nitrogens with zero attached hydrogens (tertiary/aromatic N) is 1. The third-order valence-electron chi connectivity index (χ3n) is 4.67. The van der Waals surface area contributed by atoms with Gasteiger partial charge in [0, 0.05) is 17.1 Å². The molecule has 2 N–H and O–H groups in total. The topological polar surface area (TPSA) is 149 Å². The van der Waals surface area contributed by atoms with Crippen LogP contribution >= 0.6 is 23.2 Å². The SMILES string of the molecule is CCOC(=O)C(=O)NN(Cc1ccc(-c2cc(Cl)ccc2F)cc1)CC(O)C(=O)OCCOC(=O)C(=O)Cl.